The molecule has 0 nitrogen and oxygen atoms in total. The van der Waals surface area contributed by atoms with Gasteiger partial charge in [-0.05, 0) is 24.8 Å². The normalized spacial score (nSPS) is 11.4. The van der Waals surface area contributed by atoms with Gasteiger partial charge < -0.3 is 0 Å². The fraction of sp³-hybridized carbons (Fsp3) is 0.333. The molecule has 0 saturated carbocycles. The lowest BCUT2D eigenvalue weighted by molar-refractivity contribution is 0.872. The third-order valence-corrected chi connectivity index (χ3v) is 2.45. The van der Waals surface area contributed by atoms with E-state index in [2.05, 4.69) is 49.9 Å². The van der Waals surface area contributed by atoms with Gasteiger partial charge in [-0.15, -0.1) is 6.58 Å². The van der Waals surface area contributed by atoms with Crippen molar-refractivity contribution in [2.45, 2.75) is 32.6 Å². The highest BCUT2D eigenvalue weighted by atomic mass is 14.0. The molecule has 0 amide bonds. The first-order chi connectivity index (χ1) is 7.36. The molecule has 0 fully saturated rings. The smallest absolute Gasteiger partial charge is 0.00947 e. The predicted molar refractivity (Wildman–Crippen MR) is 68.0 cm³/mol. The summed E-state index contributed by atoms with van der Waals surface area (Å²) in [6, 6.07) is 10.6. The van der Waals surface area contributed by atoms with E-state index in [1.807, 2.05) is 6.08 Å². The van der Waals surface area contributed by atoms with E-state index in [0.29, 0.717) is 0 Å². The molecule has 0 aromatic heterocycles. The Kier molecular flexibility index (Phi) is 5.54. The van der Waals surface area contributed by atoms with Crippen LogP contribution >= 0.6 is 0 Å². The summed E-state index contributed by atoms with van der Waals surface area (Å²) in [7, 11) is 0. The van der Waals surface area contributed by atoms with Gasteiger partial charge in [0.15, 0.2) is 0 Å². The van der Waals surface area contributed by atoms with Crippen LogP contribution < -0.4 is 0 Å². The highest BCUT2D eigenvalue weighted by Crippen LogP contribution is 2.12. The van der Waals surface area contributed by atoms with Crippen LogP contribution in [0.5, 0.6) is 0 Å². The van der Waals surface area contributed by atoms with E-state index in [1.54, 1.807) is 0 Å². The molecule has 0 unspecified atom stereocenters. The zero-order valence-electron chi connectivity index (χ0n) is 9.58. The highest BCUT2D eigenvalue weighted by molar-refractivity contribution is 5.19. The maximum absolute atomic E-state index is 3.80. The minimum absolute atomic E-state index is 1.03. The van der Waals surface area contributed by atoms with Gasteiger partial charge in [0.2, 0.25) is 0 Å². The average Bonchev–Trinajstić information content (AvgIpc) is 2.28. The first-order valence-electron chi connectivity index (χ1n) is 5.69. The van der Waals surface area contributed by atoms with Crippen LogP contribution in [0.3, 0.4) is 0 Å². The summed E-state index contributed by atoms with van der Waals surface area (Å²) in [5.41, 5.74) is 2.89. The lowest BCUT2D eigenvalue weighted by Crippen LogP contribution is -1.85. The molecular weight excluding hydrogens is 180 g/mol. The molecule has 0 saturated heterocycles. The van der Waals surface area contributed by atoms with Crippen LogP contribution in [0.1, 0.15) is 31.7 Å². The van der Waals surface area contributed by atoms with Crippen LogP contribution in [0, 0.1) is 0 Å². The summed E-state index contributed by atoms with van der Waals surface area (Å²) in [5, 5.41) is 0. The van der Waals surface area contributed by atoms with E-state index in [1.165, 1.54) is 24.0 Å². The summed E-state index contributed by atoms with van der Waals surface area (Å²) in [5.74, 6) is 0. The number of hydrogen-bond donors (Lipinski definition) is 0. The minimum atomic E-state index is 1.03. The summed E-state index contributed by atoms with van der Waals surface area (Å²) >= 11 is 0. The van der Waals surface area contributed by atoms with Crippen LogP contribution in [0.4, 0.5) is 0 Å². The molecule has 0 bridgehead atoms. The molecule has 0 spiro atoms. The van der Waals surface area contributed by atoms with Crippen molar-refractivity contribution in [2.24, 2.45) is 0 Å². The Morgan fingerprint density at radius 2 is 2.00 bits per heavy atom. The number of hydrogen-bond acceptors (Lipinski definition) is 0. The fourth-order valence-corrected chi connectivity index (χ4v) is 1.67. The van der Waals surface area contributed by atoms with Gasteiger partial charge in [0.05, 0.1) is 0 Å². The van der Waals surface area contributed by atoms with Crippen molar-refractivity contribution in [3.63, 3.8) is 0 Å². The van der Waals surface area contributed by atoms with E-state index < -0.39 is 0 Å². The molecule has 0 aliphatic carbocycles. The number of benzene rings is 1. The second-order valence-electron chi connectivity index (χ2n) is 3.79. The molecular formula is C15H20. The van der Waals surface area contributed by atoms with Gasteiger partial charge in [-0.25, -0.2) is 0 Å². The lowest BCUT2D eigenvalue weighted by Gasteiger charge is -2.03. The molecule has 1 aromatic rings. The first kappa shape index (κ1) is 11.8. The van der Waals surface area contributed by atoms with Crippen molar-refractivity contribution in [1.82, 2.24) is 0 Å². The summed E-state index contributed by atoms with van der Waals surface area (Å²) in [6.07, 6.45) is 8.82. The molecule has 0 atom stereocenters. The average molecular weight is 200 g/mol. The van der Waals surface area contributed by atoms with Crippen molar-refractivity contribution >= 4 is 0 Å². The Bertz CT molecular complexity index is 306. The maximum Gasteiger partial charge on any atom is -0.00947 e. The van der Waals surface area contributed by atoms with E-state index >= 15 is 0 Å². The van der Waals surface area contributed by atoms with Gasteiger partial charge in [0, 0.05) is 0 Å². The topological polar surface area (TPSA) is 0 Å². The molecule has 15 heavy (non-hydrogen) atoms. The van der Waals surface area contributed by atoms with E-state index in [-0.39, 0.29) is 0 Å². The second-order valence-corrected chi connectivity index (χ2v) is 3.79. The molecule has 0 heterocycles. The Hall–Kier alpha value is -1.30. The Morgan fingerprint density at radius 1 is 1.27 bits per heavy atom. The molecule has 1 rings (SSSR count). The largest absolute Gasteiger partial charge is 0.103 e. The Labute approximate surface area is 93.3 Å². The van der Waals surface area contributed by atoms with Crippen molar-refractivity contribution in [3.05, 3.63) is 60.2 Å². The molecule has 0 N–H and O–H groups in total. The molecule has 0 aliphatic heterocycles. The van der Waals surface area contributed by atoms with Crippen molar-refractivity contribution in [1.29, 1.82) is 0 Å². The highest BCUT2D eigenvalue weighted by Gasteiger charge is 1.94. The van der Waals surface area contributed by atoms with Gasteiger partial charge in [-0.3, -0.25) is 0 Å². The predicted octanol–water partition coefficient (Wildman–Crippen LogP) is 4.53. The number of rotatable bonds is 6. The van der Waals surface area contributed by atoms with Gasteiger partial charge in [0.1, 0.15) is 0 Å². The molecule has 80 valence electrons. The second kappa shape index (κ2) is 7.05. The van der Waals surface area contributed by atoms with E-state index in [0.717, 1.165) is 12.8 Å². The monoisotopic (exact) mass is 200 g/mol. The van der Waals surface area contributed by atoms with Gasteiger partial charge in [0.25, 0.3) is 0 Å². The summed E-state index contributed by atoms with van der Waals surface area (Å²) < 4.78 is 0. The van der Waals surface area contributed by atoms with Crippen LogP contribution in [0.25, 0.3) is 0 Å². The van der Waals surface area contributed by atoms with Crippen LogP contribution in [-0.2, 0) is 6.42 Å². The van der Waals surface area contributed by atoms with Gasteiger partial charge in [-0.1, -0.05) is 61.4 Å². The maximum atomic E-state index is 3.80. The first-order valence-corrected chi connectivity index (χ1v) is 5.69. The van der Waals surface area contributed by atoms with E-state index in [9.17, 15) is 0 Å². The molecule has 0 aliphatic rings. The van der Waals surface area contributed by atoms with Crippen molar-refractivity contribution in [3.8, 4) is 0 Å². The Morgan fingerprint density at radius 3 is 2.60 bits per heavy atom. The third-order valence-electron chi connectivity index (χ3n) is 2.45. The lowest BCUT2D eigenvalue weighted by atomic mass is 10.0. The summed E-state index contributed by atoms with van der Waals surface area (Å²) in [6.45, 7) is 6.02. The zero-order chi connectivity index (χ0) is 10.9. The zero-order valence-corrected chi connectivity index (χ0v) is 9.58. The van der Waals surface area contributed by atoms with Crippen molar-refractivity contribution in [2.75, 3.05) is 0 Å². The van der Waals surface area contributed by atoms with Crippen LogP contribution in [0.2, 0.25) is 0 Å². The number of allylic oxidation sites excluding steroid dienone is 3. The Balaban J connectivity index is 2.56. The van der Waals surface area contributed by atoms with Gasteiger partial charge >= 0.3 is 0 Å². The van der Waals surface area contributed by atoms with E-state index in [4.69, 9.17) is 0 Å². The fourth-order valence-electron chi connectivity index (χ4n) is 1.67. The third kappa shape index (κ3) is 4.64. The van der Waals surface area contributed by atoms with Crippen LogP contribution in [0.15, 0.2) is 54.6 Å². The van der Waals surface area contributed by atoms with Gasteiger partial charge in [-0.2, -0.15) is 0 Å². The molecule has 1 aromatic carbocycles. The minimum Gasteiger partial charge on any atom is -0.103 e. The molecule has 0 heteroatoms. The van der Waals surface area contributed by atoms with Crippen molar-refractivity contribution < 1.29 is 0 Å². The SMILES string of the molecule is C=CC/C(=C\Cc1ccccc1)CCC. The summed E-state index contributed by atoms with van der Waals surface area (Å²) in [4.78, 5) is 0. The quantitative estimate of drug-likeness (QED) is 0.592. The standard InChI is InChI=1S/C15H20/c1-3-8-14(9-4-2)12-13-15-10-6-5-7-11-15/h3,5-7,10-12H,1,4,8-9,13H2,2H3/b14-12+. The van der Waals surface area contributed by atoms with Crippen LogP contribution in [-0.4, -0.2) is 0 Å². The molecule has 0 radical (unpaired) electrons.